The highest BCUT2D eigenvalue weighted by molar-refractivity contribution is 5.80. The van der Waals surface area contributed by atoms with E-state index in [4.69, 9.17) is 0 Å². The van der Waals surface area contributed by atoms with Gasteiger partial charge in [-0.2, -0.15) is 0 Å². The molecule has 2 aliphatic rings. The van der Waals surface area contributed by atoms with Crippen molar-refractivity contribution in [1.82, 2.24) is 15.1 Å². The lowest BCUT2D eigenvalue weighted by atomic mass is 9.84. The normalized spacial score (nSPS) is 18.0. The first-order valence-corrected chi connectivity index (χ1v) is 12.7. The van der Waals surface area contributed by atoms with Crippen molar-refractivity contribution in [3.05, 3.63) is 71.3 Å². The molecule has 5 nitrogen and oxygen atoms in total. The Morgan fingerprint density at radius 1 is 1.03 bits per heavy atom. The quantitative estimate of drug-likeness (QED) is 0.572. The Balaban J connectivity index is 1.27. The molecule has 1 saturated heterocycles. The summed E-state index contributed by atoms with van der Waals surface area (Å²) in [5.41, 5.74) is 1.63. The summed E-state index contributed by atoms with van der Waals surface area (Å²) >= 11 is 0. The topological polar surface area (TPSA) is 52.7 Å². The molecule has 1 atom stereocenters. The molecule has 2 fully saturated rings. The summed E-state index contributed by atoms with van der Waals surface area (Å²) in [6.45, 7) is 2.52. The summed E-state index contributed by atoms with van der Waals surface area (Å²) in [5, 5.41) is 3.10. The maximum absolute atomic E-state index is 14.0. The van der Waals surface area contributed by atoms with E-state index in [1.807, 2.05) is 18.0 Å². The first-order chi connectivity index (χ1) is 16.9. The summed E-state index contributed by atoms with van der Waals surface area (Å²) in [7, 11) is 1.85. The molecule has 1 aliphatic carbocycles. The van der Waals surface area contributed by atoms with Crippen LogP contribution in [0.2, 0.25) is 0 Å². The van der Waals surface area contributed by atoms with E-state index >= 15 is 0 Å². The van der Waals surface area contributed by atoms with E-state index in [-0.39, 0.29) is 47.9 Å². The molecule has 0 spiro atoms. The molecule has 1 saturated carbocycles. The fourth-order valence-electron chi connectivity index (χ4n) is 5.07. The SMILES string of the molecule is CN(C(=O)C1CCC1)C(CCN1CCC(NC(=O)Cc2ccc(F)cc2)CC1)c1cccc(F)c1. The van der Waals surface area contributed by atoms with Crippen molar-refractivity contribution in [2.45, 2.75) is 57.0 Å². The van der Waals surface area contributed by atoms with E-state index in [2.05, 4.69) is 10.2 Å². The molecule has 0 radical (unpaired) electrons. The number of hydrogen-bond donors (Lipinski definition) is 1. The van der Waals surface area contributed by atoms with Crippen molar-refractivity contribution >= 4 is 11.8 Å². The molecule has 2 aromatic carbocycles. The van der Waals surface area contributed by atoms with Gasteiger partial charge in [-0.05, 0) is 67.5 Å². The van der Waals surface area contributed by atoms with Gasteiger partial charge in [0.1, 0.15) is 11.6 Å². The molecule has 2 amide bonds. The van der Waals surface area contributed by atoms with Gasteiger partial charge < -0.3 is 15.1 Å². The first kappa shape index (κ1) is 25.3. The zero-order valence-corrected chi connectivity index (χ0v) is 20.4. The summed E-state index contributed by atoms with van der Waals surface area (Å²) < 4.78 is 27.0. The van der Waals surface area contributed by atoms with Gasteiger partial charge in [-0.3, -0.25) is 9.59 Å². The van der Waals surface area contributed by atoms with E-state index in [0.29, 0.717) is 0 Å². The molecule has 1 N–H and O–H groups in total. The van der Waals surface area contributed by atoms with Crippen LogP contribution in [0.3, 0.4) is 0 Å². The zero-order chi connectivity index (χ0) is 24.8. The van der Waals surface area contributed by atoms with Crippen LogP contribution >= 0.6 is 0 Å². The van der Waals surface area contributed by atoms with E-state index in [1.165, 1.54) is 24.3 Å². The van der Waals surface area contributed by atoms with Crippen LogP contribution in [0, 0.1) is 17.6 Å². The standard InChI is InChI=1S/C28H35F2N3O2/c1-32(28(35)21-4-2-5-21)26(22-6-3-7-24(30)19-22)14-17-33-15-12-25(13-16-33)31-27(34)18-20-8-10-23(29)11-9-20/h3,6-11,19,21,25-26H,2,4-5,12-18H2,1H3,(H,31,34). The van der Waals surface area contributed by atoms with Crippen LogP contribution in [0.5, 0.6) is 0 Å². The number of likely N-dealkylation sites (tertiary alicyclic amines) is 1. The summed E-state index contributed by atoms with van der Waals surface area (Å²) in [4.78, 5) is 29.5. The number of rotatable bonds is 9. The Hall–Kier alpha value is -2.80. The van der Waals surface area contributed by atoms with Crippen molar-refractivity contribution in [1.29, 1.82) is 0 Å². The Bertz CT molecular complexity index is 1000. The Morgan fingerprint density at radius 2 is 1.74 bits per heavy atom. The predicted octanol–water partition coefficient (Wildman–Crippen LogP) is 4.48. The van der Waals surface area contributed by atoms with Gasteiger partial charge in [-0.15, -0.1) is 0 Å². The fraction of sp³-hybridized carbons (Fsp3) is 0.500. The van der Waals surface area contributed by atoms with Crippen LogP contribution in [0.1, 0.15) is 55.7 Å². The van der Waals surface area contributed by atoms with Gasteiger partial charge in [0.05, 0.1) is 12.5 Å². The molecule has 188 valence electrons. The van der Waals surface area contributed by atoms with Crippen LogP contribution in [0.25, 0.3) is 0 Å². The minimum absolute atomic E-state index is 0.0441. The third-order valence-electron chi connectivity index (χ3n) is 7.45. The minimum atomic E-state index is -0.306. The summed E-state index contributed by atoms with van der Waals surface area (Å²) in [6, 6.07) is 12.6. The summed E-state index contributed by atoms with van der Waals surface area (Å²) in [6.07, 6.45) is 5.69. The molecule has 2 aromatic rings. The average molecular weight is 484 g/mol. The van der Waals surface area contributed by atoms with E-state index < -0.39 is 0 Å². The number of carbonyl (C=O) groups is 2. The van der Waals surface area contributed by atoms with Crippen LogP contribution in [-0.2, 0) is 16.0 Å². The molecular formula is C28H35F2N3O2. The Labute approximate surface area is 206 Å². The third-order valence-corrected chi connectivity index (χ3v) is 7.45. The van der Waals surface area contributed by atoms with Crippen molar-refractivity contribution in [3.8, 4) is 0 Å². The Kier molecular flexibility index (Phi) is 8.50. The minimum Gasteiger partial charge on any atom is -0.353 e. The molecule has 7 heteroatoms. The maximum atomic E-state index is 14.0. The van der Waals surface area contributed by atoms with Gasteiger partial charge in [-0.1, -0.05) is 30.7 Å². The number of piperidine rings is 1. The van der Waals surface area contributed by atoms with Crippen LogP contribution < -0.4 is 5.32 Å². The summed E-state index contributed by atoms with van der Waals surface area (Å²) in [5.74, 6) is -0.371. The number of hydrogen-bond acceptors (Lipinski definition) is 3. The molecule has 35 heavy (non-hydrogen) atoms. The second-order valence-corrected chi connectivity index (χ2v) is 9.92. The van der Waals surface area contributed by atoms with Crippen LogP contribution in [0.4, 0.5) is 8.78 Å². The molecule has 1 aliphatic heterocycles. The number of nitrogens with one attached hydrogen (secondary N) is 1. The number of carbonyl (C=O) groups excluding carboxylic acids is 2. The highest BCUT2D eigenvalue weighted by Crippen LogP contribution is 2.32. The van der Waals surface area contributed by atoms with Gasteiger partial charge in [0, 0.05) is 38.6 Å². The van der Waals surface area contributed by atoms with E-state index in [1.54, 1.807) is 18.2 Å². The smallest absolute Gasteiger partial charge is 0.225 e. The number of benzene rings is 2. The van der Waals surface area contributed by atoms with Gasteiger partial charge in [0.15, 0.2) is 0 Å². The number of amides is 2. The van der Waals surface area contributed by atoms with Crippen molar-refractivity contribution in [2.75, 3.05) is 26.7 Å². The maximum Gasteiger partial charge on any atom is 0.225 e. The lowest BCUT2D eigenvalue weighted by Gasteiger charge is -2.37. The number of nitrogens with zero attached hydrogens (tertiary/aromatic N) is 2. The predicted molar refractivity (Wildman–Crippen MR) is 132 cm³/mol. The monoisotopic (exact) mass is 483 g/mol. The largest absolute Gasteiger partial charge is 0.353 e. The van der Waals surface area contributed by atoms with Crippen molar-refractivity contribution < 1.29 is 18.4 Å². The lowest BCUT2D eigenvalue weighted by Crippen LogP contribution is -2.46. The number of halogens is 2. The van der Waals surface area contributed by atoms with Gasteiger partial charge >= 0.3 is 0 Å². The van der Waals surface area contributed by atoms with Crippen LogP contribution in [-0.4, -0.2) is 54.3 Å². The van der Waals surface area contributed by atoms with Crippen LogP contribution in [0.15, 0.2) is 48.5 Å². The first-order valence-electron chi connectivity index (χ1n) is 12.7. The second kappa shape index (κ2) is 11.8. The van der Waals surface area contributed by atoms with Gasteiger partial charge in [-0.25, -0.2) is 8.78 Å². The average Bonchev–Trinajstić information content (AvgIpc) is 2.80. The molecule has 4 rings (SSSR count). The molecular weight excluding hydrogens is 448 g/mol. The van der Waals surface area contributed by atoms with E-state index in [9.17, 15) is 18.4 Å². The zero-order valence-electron chi connectivity index (χ0n) is 20.4. The highest BCUT2D eigenvalue weighted by Gasteiger charge is 2.32. The van der Waals surface area contributed by atoms with E-state index in [0.717, 1.165) is 69.3 Å². The third kappa shape index (κ3) is 6.88. The second-order valence-electron chi connectivity index (χ2n) is 9.92. The molecule has 0 aromatic heterocycles. The molecule has 0 bridgehead atoms. The van der Waals surface area contributed by atoms with Gasteiger partial charge in [0.25, 0.3) is 0 Å². The highest BCUT2D eigenvalue weighted by atomic mass is 19.1. The lowest BCUT2D eigenvalue weighted by molar-refractivity contribution is -0.139. The Morgan fingerprint density at radius 3 is 2.37 bits per heavy atom. The van der Waals surface area contributed by atoms with Crippen molar-refractivity contribution in [3.63, 3.8) is 0 Å². The molecule has 1 unspecified atom stereocenters. The fourth-order valence-corrected chi connectivity index (χ4v) is 5.07. The molecule has 1 heterocycles. The van der Waals surface area contributed by atoms with Gasteiger partial charge in [0.2, 0.25) is 11.8 Å². The van der Waals surface area contributed by atoms with Crippen molar-refractivity contribution in [2.24, 2.45) is 5.92 Å².